The number of likely N-dealkylation sites (N-methyl/N-ethyl adjacent to an activating group) is 1. The second kappa shape index (κ2) is 5.45. The summed E-state index contributed by atoms with van der Waals surface area (Å²) in [4.78, 5) is 20.5. The number of ether oxygens (including phenoxy) is 1. The standard InChI is InChI=1S/C14H17N5O2S/c1-19-4-2-10-11(6-19)22-14(15-10)16-13(20)12-8-7-21-5-3-9(8)17-18-12/h2-7H2,1H3,(H,17,18)(H,15,16,20). The van der Waals surface area contributed by atoms with Crippen molar-refractivity contribution < 1.29 is 9.53 Å². The first kappa shape index (κ1) is 13.9. The molecule has 0 aliphatic carbocycles. The van der Waals surface area contributed by atoms with Crippen molar-refractivity contribution >= 4 is 22.4 Å². The molecule has 4 heterocycles. The molecule has 0 fully saturated rings. The zero-order chi connectivity index (χ0) is 15.1. The van der Waals surface area contributed by atoms with Crippen LogP contribution in [-0.2, 0) is 30.7 Å². The number of amides is 1. The smallest absolute Gasteiger partial charge is 0.278 e. The maximum absolute atomic E-state index is 12.4. The minimum Gasteiger partial charge on any atom is -0.376 e. The van der Waals surface area contributed by atoms with Crippen LogP contribution in [0.4, 0.5) is 5.13 Å². The average Bonchev–Trinajstić information content (AvgIpc) is 3.09. The van der Waals surface area contributed by atoms with Crippen molar-refractivity contribution in [2.75, 3.05) is 25.5 Å². The third kappa shape index (κ3) is 2.43. The molecule has 0 atom stereocenters. The van der Waals surface area contributed by atoms with Gasteiger partial charge in [-0.3, -0.25) is 15.2 Å². The van der Waals surface area contributed by atoms with Gasteiger partial charge in [0.1, 0.15) is 0 Å². The number of hydrogen-bond acceptors (Lipinski definition) is 6. The highest BCUT2D eigenvalue weighted by molar-refractivity contribution is 7.15. The Hall–Kier alpha value is -1.77. The van der Waals surface area contributed by atoms with Crippen molar-refractivity contribution in [3.05, 3.63) is 27.5 Å². The van der Waals surface area contributed by atoms with E-state index in [1.807, 2.05) is 0 Å². The monoisotopic (exact) mass is 319 g/mol. The molecule has 0 saturated carbocycles. The first-order chi connectivity index (χ1) is 10.7. The van der Waals surface area contributed by atoms with Crippen LogP contribution in [0.3, 0.4) is 0 Å². The van der Waals surface area contributed by atoms with E-state index in [1.165, 1.54) is 4.88 Å². The van der Waals surface area contributed by atoms with E-state index in [1.54, 1.807) is 11.3 Å². The van der Waals surface area contributed by atoms with Gasteiger partial charge in [-0.2, -0.15) is 5.10 Å². The highest BCUT2D eigenvalue weighted by atomic mass is 32.1. The predicted molar refractivity (Wildman–Crippen MR) is 82.1 cm³/mol. The van der Waals surface area contributed by atoms with Gasteiger partial charge in [-0.15, -0.1) is 11.3 Å². The fraction of sp³-hybridized carbons (Fsp3) is 0.500. The van der Waals surface area contributed by atoms with Crippen LogP contribution in [-0.4, -0.2) is 46.2 Å². The first-order valence-corrected chi connectivity index (χ1v) is 8.14. The largest absolute Gasteiger partial charge is 0.376 e. The summed E-state index contributed by atoms with van der Waals surface area (Å²) in [6, 6.07) is 0. The lowest BCUT2D eigenvalue weighted by Crippen LogP contribution is -2.25. The molecule has 8 heteroatoms. The number of H-pyrrole nitrogens is 1. The molecular weight excluding hydrogens is 302 g/mol. The molecule has 0 radical (unpaired) electrons. The topological polar surface area (TPSA) is 83.1 Å². The summed E-state index contributed by atoms with van der Waals surface area (Å²) in [6.07, 6.45) is 1.71. The lowest BCUT2D eigenvalue weighted by Gasteiger charge is -2.20. The minimum absolute atomic E-state index is 0.220. The number of carbonyl (C=O) groups excluding carboxylic acids is 1. The highest BCUT2D eigenvalue weighted by Gasteiger charge is 2.24. The van der Waals surface area contributed by atoms with Crippen LogP contribution in [0.25, 0.3) is 0 Å². The van der Waals surface area contributed by atoms with Crippen molar-refractivity contribution in [3.8, 4) is 0 Å². The minimum atomic E-state index is -0.220. The Balaban J connectivity index is 1.54. The molecular formula is C14H17N5O2S. The van der Waals surface area contributed by atoms with Gasteiger partial charge >= 0.3 is 0 Å². The van der Waals surface area contributed by atoms with Crippen LogP contribution < -0.4 is 5.32 Å². The van der Waals surface area contributed by atoms with Crippen LogP contribution >= 0.6 is 11.3 Å². The maximum Gasteiger partial charge on any atom is 0.278 e. The van der Waals surface area contributed by atoms with E-state index < -0.39 is 0 Å². The number of fused-ring (bicyclic) bond motifs is 2. The summed E-state index contributed by atoms with van der Waals surface area (Å²) in [7, 11) is 2.09. The second-order valence-electron chi connectivity index (χ2n) is 5.66. The van der Waals surface area contributed by atoms with Gasteiger partial charge in [0.15, 0.2) is 10.8 Å². The van der Waals surface area contributed by atoms with Crippen LogP contribution in [0, 0.1) is 0 Å². The van der Waals surface area contributed by atoms with E-state index in [0.717, 1.165) is 42.9 Å². The fourth-order valence-corrected chi connectivity index (χ4v) is 3.92. The number of aromatic nitrogens is 3. The van der Waals surface area contributed by atoms with Gasteiger partial charge in [0.25, 0.3) is 5.91 Å². The average molecular weight is 319 g/mol. The zero-order valence-electron chi connectivity index (χ0n) is 12.3. The molecule has 2 aromatic heterocycles. The van der Waals surface area contributed by atoms with Gasteiger partial charge < -0.3 is 9.64 Å². The Morgan fingerprint density at radius 1 is 1.45 bits per heavy atom. The molecule has 0 saturated heterocycles. The number of nitrogens with zero attached hydrogens (tertiary/aromatic N) is 3. The lowest BCUT2D eigenvalue weighted by molar-refractivity contribution is 0.0985. The van der Waals surface area contributed by atoms with E-state index in [4.69, 9.17) is 4.74 Å². The van der Waals surface area contributed by atoms with Gasteiger partial charge in [0.05, 0.1) is 18.9 Å². The number of carbonyl (C=O) groups is 1. The van der Waals surface area contributed by atoms with Gasteiger partial charge in [-0.1, -0.05) is 0 Å². The Labute approximate surface area is 131 Å². The molecule has 7 nitrogen and oxygen atoms in total. The number of hydrogen-bond donors (Lipinski definition) is 2. The third-order valence-electron chi connectivity index (χ3n) is 4.05. The van der Waals surface area contributed by atoms with Crippen molar-refractivity contribution in [2.24, 2.45) is 0 Å². The summed E-state index contributed by atoms with van der Waals surface area (Å²) in [6.45, 7) is 3.01. The number of aromatic amines is 1. The quantitative estimate of drug-likeness (QED) is 0.868. The van der Waals surface area contributed by atoms with Crippen molar-refractivity contribution in [2.45, 2.75) is 26.0 Å². The molecule has 116 valence electrons. The van der Waals surface area contributed by atoms with Crippen LogP contribution in [0.2, 0.25) is 0 Å². The number of rotatable bonds is 2. The molecule has 4 rings (SSSR count). The van der Waals surface area contributed by atoms with E-state index in [9.17, 15) is 4.79 Å². The first-order valence-electron chi connectivity index (χ1n) is 7.33. The van der Waals surface area contributed by atoms with Gasteiger partial charge in [0, 0.05) is 42.1 Å². The Morgan fingerprint density at radius 2 is 2.36 bits per heavy atom. The molecule has 2 aliphatic heterocycles. The number of anilines is 1. The SMILES string of the molecule is CN1CCc2nc(NC(=O)c3n[nH]c4c3COCC4)sc2C1. The third-order valence-corrected chi connectivity index (χ3v) is 5.05. The molecule has 0 aromatic carbocycles. The number of nitrogens with one attached hydrogen (secondary N) is 2. The molecule has 2 N–H and O–H groups in total. The van der Waals surface area contributed by atoms with Crippen molar-refractivity contribution in [3.63, 3.8) is 0 Å². The van der Waals surface area contributed by atoms with Crippen LogP contribution in [0.15, 0.2) is 0 Å². The summed E-state index contributed by atoms with van der Waals surface area (Å²) < 4.78 is 5.41. The van der Waals surface area contributed by atoms with Gasteiger partial charge in [-0.05, 0) is 7.05 Å². The molecule has 0 unspecified atom stereocenters. The summed E-state index contributed by atoms with van der Waals surface area (Å²) in [5.41, 5.74) is 3.38. The molecule has 1 amide bonds. The normalized spacial score (nSPS) is 17.9. The second-order valence-corrected chi connectivity index (χ2v) is 6.75. The molecule has 2 aromatic rings. The van der Waals surface area contributed by atoms with Crippen LogP contribution in [0.5, 0.6) is 0 Å². The van der Waals surface area contributed by atoms with E-state index in [0.29, 0.717) is 24.0 Å². The summed E-state index contributed by atoms with van der Waals surface area (Å²) in [5, 5.41) is 10.6. The van der Waals surface area contributed by atoms with E-state index in [-0.39, 0.29) is 5.91 Å². The van der Waals surface area contributed by atoms with Crippen molar-refractivity contribution in [1.82, 2.24) is 20.1 Å². The van der Waals surface area contributed by atoms with Crippen molar-refractivity contribution in [1.29, 1.82) is 0 Å². The Kier molecular flexibility index (Phi) is 3.44. The molecule has 0 bridgehead atoms. The van der Waals surface area contributed by atoms with E-state index >= 15 is 0 Å². The maximum atomic E-state index is 12.4. The Morgan fingerprint density at radius 3 is 3.27 bits per heavy atom. The van der Waals surface area contributed by atoms with Gasteiger partial charge in [-0.25, -0.2) is 4.98 Å². The molecule has 22 heavy (non-hydrogen) atoms. The summed E-state index contributed by atoms with van der Waals surface area (Å²) >= 11 is 1.55. The van der Waals surface area contributed by atoms with Gasteiger partial charge in [0.2, 0.25) is 0 Å². The lowest BCUT2D eigenvalue weighted by atomic mass is 10.1. The van der Waals surface area contributed by atoms with Crippen LogP contribution in [0.1, 0.15) is 32.3 Å². The zero-order valence-corrected chi connectivity index (χ0v) is 13.1. The fourth-order valence-electron chi connectivity index (χ4n) is 2.83. The number of thiazole rings is 1. The molecule has 2 aliphatic rings. The Bertz CT molecular complexity index is 723. The molecule has 0 spiro atoms. The summed E-state index contributed by atoms with van der Waals surface area (Å²) in [5.74, 6) is -0.220. The van der Waals surface area contributed by atoms with E-state index in [2.05, 4.69) is 32.4 Å². The highest BCUT2D eigenvalue weighted by Crippen LogP contribution is 2.28. The predicted octanol–water partition coefficient (Wildman–Crippen LogP) is 1.18.